The molecule has 1 N–H and O–H groups in total. The van der Waals surface area contributed by atoms with Gasteiger partial charge in [0.2, 0.25) is 0 Å². The van der Waals surface area contributed by atoms with Crippen LogP contribution >= 0.6 is 11.6 Å². The van der Waals surface area contributed by atoms with Crippen molar-refractivity contribution < 1.29 is 4.79 Å². The Morgan fingerprint density at radius 3 is 2.28 bits per heavy atom. The van der Waals surface area contributed by atoms with E-state index in [1.54, 1.807) is 0 Å². The largest absolute Gasteiger partial charge is 0.349 e. The zero-order valence-electron chi connectivity index (χ0n) is 11.6. The van der Waals surface area contributed by atoms with Crippen molar-refractivity contribution in [2.75, 3.05) is 5.88 Å². The van der Waals surface area contributed by atoms with Crippen molar-refractivity contribution in [3.05, 3.63) is 34.9 Å². The lowest BCUT2D eigenvalue weighted by molar-refractivity contribution is 0.0923. The second kappa shape index (κ2) is 6.79. The Morgan fingerprint density at radius 1 is 1.28 bits per heavy atom. The summed E-state index contributed by atoms with van der Waals surface area (Å²) in [6.07, 6.45) is 0.801. The molecule has 1 aromatic carbocycles. The highest BCUT2D eigenvalue weighted by Gasteiger charge is 2.18. The minimum atomic E-state index is 0.00872. The quantitative estimate of drug-likeness (QED) is 0.810. The summed E-state index contributed by atoms with van der Waals surface area (Å²) in [5.74, 6) is 0.960. The van der Waals surface area contributed by atoms with Crippen LogP contribution in [0.3, 0.4) is 0 Å². The molecule has 0 aliphatic heterocycles. The average molecular weight is 268 g/mol. The van der Waals surface area contributed by atoms with Gasteiger partial charge in [0.1, 0.15) is 0 Å². The van der Waals surface area contributed by atoms with Crippen molar-refractivity contribution in [3.63, 3.8) is 0 Å². The highest BCUT2D eigenvalue weighted by Crippen LogP contribution is 2.15. The molecule has 0 saturated carbocycles. The molecular formula is C15H22ClNO. The van der Waals surface area contributed by atoms with Crippen LogP contribution in [0, 0.1) is 19.8 Å². The first-order valence-electron chi connectivity index (χ1n) is 6.40. The fourth-order valence-corrected chi connectivity index (χ4v) is 2.34. The molecule has 1 unspecified atom stereocenters. The second-order valence-corrected chi connectivity index (χ2v) is 5.45. The molecule has 0 radical (unpaired) electrons. The Labute approximate surface area is 115 Å². The van der Waals surface area contributed by atoms with E-state index < -0.39 is 0 Å². The number of hydrogen-bond donors (Lipinski definition) is 1. The second-order valence-electron chi connectivity index (χ2n) is 5.07. The molecule has 3 heteroatoms. The van der Waals surface area contributed by atoms with Gasteiger partial charge >= 0.3 is 0 Å². The van der Waals surface area contributed by atoms with Gasteiger partial charge in [-0.1, -0.05) is 32.0 Å². The highest BCUT2D eigenvalue weighted by molar-refractivity contribution is 6.17. The number of nitrogens with one attached hydrogen (secondary N) is 1. The van der Waals surface area contributed by atoms with Gasteiger partial charge in [-0.05, 0) is 37.3 Å². The standard InChI is InChI=1S/C15H22ClNO/c1-10(2)13(8-9-16)17-15(18)14-11(3)6-5-7-12(14)4/h5-7,10,13H,8-9H2,1-4H3,(H,17,18). The molecule has 0 fully saturated rings. The summed E-state index contributed by atoms with van der Waals surface area (Å²) >= 11 is 5.78. The van der Waals surface area contributed by atoms with Gasteiger partial charge in [-0.25, -0.2) is 0 Å². The molecule has 100 valence electrons. The number of rotatable bonds is 5. The molecule has 0 aliphatic carbocycles. The van der Waals surface area contributed by atoms with Crippen LogP contribution in [0.2, 0.25) is 0 Å². The van der Waals surface area contributed by atoms with E-state index in [1.807, 2.05) is 32.0 Å². The minimum absolute atomic E-state index is 0.00872. The lowest BCUT2D eigenvalue weighted by Crippen LogP contribution is -2.39. The summed E-state index contributed by atoms with van der Waals surface area (Å²) in [4.78, 5) is 12.3. The number of hydrogen-bond acceptors (Lipinski definition) is 1. The zero-order chi connectivity index (χ0) is 13.7. The van der Waals surface area contributed by atoms with Gasteiger partial charge in [-0.2, -0.15) is 0 Å². The molecule has 2 nitrogen and oxygen atoms in total. The first-order chi connectivity index (χ1) is 8.47. The number of carbonyl (C=O) groups is 1. The van der Waals surface area contributed by atoms with Gasteiger partial charge in [-0.3, -0.25) is 4.79 Å². The van der Waals surface area contributed by atoms with Crippen LogP contribution in [0.5, 0.6) is 0 Å². The van der Waals surface area contributed by atoms with Crippen LogP contribution in [-0.2, 0) is 0 Å². The molecule has 0 heterocycles. The Morgan fingerprint density at radius 2 is 1.83 bits per heavy atom. The molecule has 0 bridgehead atoms. The first kappa shape index (κ1) is 15.0. The number of halogens is 1. The Balaban J connectivity index is 2.87. The van der Waals surface area contributed by atoms with E-state index in [-0.39, 0.29) is 11.9 Å². The van der Waals surface area contributed by atoms with Crippen molar-refractivity contribution in [2.24, 2.45) is 5.92 Å². The summed E-state index contributed by atoms with van der Waals surface area (Å²) in [6, 6.07) is 6.04. The van der Waals surface area contributed by atoms with Crippen molar-refractivity contribution in [2.45, 2.75) is 40.2 Å². The van der Waals surface area contributed by atoms with Gasteiger partial charge in [0.05, 0.1) is 0 Å². The van der Waals surface area contributed by atoms with Crippen LogP contribution < -0.4 is 5.32 Å². The summed E-state index contributed by atoms with van der Waals surface area (Å²) in [5, 5.41) is 3.09. The summed E-state index contributed by atoms with van der Waals surface area (Å²) in [7, 11) is 0. The van der Waals surface area contributed by atoms with Crippen LogP contribution in [0.4, 0.5) is 0 Å². The lowest BCUT2D eigenvalue weighted by Gasteiger charge is -2.22. The number of benzene rings is 1. The molecule has 1 atom stereocenters. The van der Waals surface area contributed by atoms with Crippen molar-refractivity contribution >= 4 is 17.5 Å². The average Bonchev–Trinajstić information content (AvgIpc) is 2.28. The lowest BCUT2D eigenvalue weighted by atomic mass is 9.98. The molecule has 1 rings (SSSR count). The number of alkyl halides is 1. The van der Waals surface area contributed by atoms with E-state index in [4.69, 9.17) is 11.6 Å². The minimum Gasteiger partial charge on any atom is -0.349 e. The van der Waals surface area contributed by atoms with E-state index >= 15 is 0 Å². The van der Waals surface area contributed by atoms with E-state index in [0.29, 0.717) is 11.8 Å². The van der Waals surface area contributed by atoms with E-state index in [1.165, 1.54) is 0 Å². The molecular weight excluding hydrogens is 246 g/mol. The summed E-state index contributed by atoms with van der Waals surface area (Å²) in [6.45, 7) is 8.13. The topological polar surface area (TPSA) is 29.1 Å². The molecule has 1 aromatic rings. The maximum Gasteiger partial charge on any atom is 0.252 e. The fourth-order valence-electron chi connectivity index (χ4n) is 2.10. The van der Waals surface area contributed by atoms with Gasteiger partial charge in [0, 0.05) is 17.5 Å². The Bertz CT molecular complexity index is 395. The molecule has 18 heavy (non-hydrogen) atoms. The van der Waals surface area contributed by atoms with Crippen LogP contribution in [0.1, 0.15) is 41.8 Å². The fraction of sp³-hybridized carbons (Fsp3) is 0.533. The molecule has 1 amide bonds. The van der Waals surface area contributed by atoms with Crippen molar-refractivity contribution in [1.29, 1.82) is 0 Å². The number of amides is 1. The van der Waals surface area contributed by atoms with Gasteiger partial charge in [-0.15, -0.1) is 11.6 Å². The molecule has 0 aromatic heterocycles. The summed E-state index contributed by atoms with van der Waals surface area (Å²) in [5.41, 5.74) is 2.82. The van der Waals surface area contributed by atoms with Gasteiger partial charge in [0.25, 0.3) is 5.91 Å². The monoisotopic (exact) mass is 267 g/mol. The SMILES string of the molecule is Cc1cccc(C)c1C(=O)NC(CCCl)C(C)C. The molecule has 0 spiro atoms. The van der Waals surface area contributed by atoms with Crippen LogP contribution in [0.25, 0.3) is 0 Å². The Hall–Kier alpha value is -1.02. The predicted molar refractivity (Wildman–Crippen MR) is 77.3 cm³/mol. The maximum atomic E-state index is 12.3. The molecule has 0 saturated heterocycles. The third-order valence-corrected chi connectivity index (χ3v) is 3.47. The van der Waals surface area contributed by atoms with E-state index in [9.17, 15) is 4.79 Å². The predicted octanol–water partition coefficient (Wildman–Crippen LogP) is 3.69. The van der Waals surface area contributed by atoms with E-state index in [2.05, 4.69) is 19.2 Å². The van der Waals surface area contributed by atoms with E-state index in [0.717, 1.165) is 23.1 Å². The third kappa shape index (κ3) is 3.74. The smallest absolute Gasteiger partial charge is 0.252 e. The zero-order valence-corrected chi connectivity index (χ0v) is 12.3. The van der Waals surface area contributed by atoms with Gasteiger partial charge < -0.3 is 5.32 Å². The first-order valence-corrected chi connectivity index (χ1v) is 6.93. The van der Waals surface area contributed by atoms with Gasteiger partial charge in [0.15, 0.2) is 0 Å². The van der Waals surface area contributed by atoms with Crippen LogP contribution in [-0.4, -0.2) is 17.8 Å². The number of carbonyl (C=O) groups excluding carboxylic acids is 1. The third-order valence-electron chi connectivity index (χ3n) is 3.25. The molecule has 0 aliphatic rings. The van der Waals surface area contributed by atoms with Crippen LogP contribution in [0.15, 0.2) is 18.2 Å². The Kier molecular flexibility index (Phi) is 5.67. The normalized spacial score (nSPS) is 12.6. The highest BCUT2D eigenvalue weighted by atomic mass is 35.5. The maximum absolute atomic E-state index is 12.3. The number of aryl methyl sites for hydroxylation is 2. The summed E-state index contributed by atoms with van der Waals surface area (Å²) < 4.78 is 0. The van der Waals surface area contributed by atoms with Crippen molar-refractivity contribution in [3.8, 4) is 0 Å². The van der Waals surface area contributed by atoms with Crippen molar-refractivity contribution in [1.82, 2.24) is 5.32 Å².